The highest BCUT2D eigenvalue weighted by atomic mass is 15.1. The number of hydrogen-bond acceptors (Lipinski definition) is 1. The Hall–Kier alpha value is -0.980. The summed E-state index contributed by atoms with van der Waals surface area (Å²) in [5, 5.41) is 0. The molecule has 0 aliphatic carbocycles. The van der Waals surface area contributed by atoms with Crippen molar-refractivity contribution in [3.63, 3.8) is 0 Å². The average molecular weight is 190 g/mol. The zero-order chi connectivity index (χ0) is 10.4. The van der Waals surface area contributed by atoms with Crippen molar-refractivity contribution in [2.75, 3.05) is 18.5 Å². The Morgan fingerprint density at radius 1 is 1.21 bits per heavy atom. The van der Waals surface area contributed by atoms with Crippen molar-refractivity contribution in [1.82, 2.24) is 0 Å². The molecule has 0 fully saturated rings. The highest BCUT2D eigenvalue weighted by molar-refractivity contribution is 5.46. The summed E-state index contributed by atoms with van der Waals surface area (Å²) in [6.07, 6.45) is 3.38. The van der Waals surface area contributed by atoms with Crippen LogP contribution in [0.5, 0.6) is 0 Å². The standard InChI is InChI=1S/C13H20N/c1-4-6-11-14(3)13-9-7-12(5-2)8-10-13/h7-10H,2,4-6,11H2,1,3H3. The molecule has 1 aromatic carbocycles. The van der Waals surface area contributed by atoms with Gasteiger partial charge in [-0.3, -0.25) is 0 Å². The maximum atomic E-state index is 3.87. The van der Waals surface area contributed by atoms with Crippen molar-refractivity contribution < 1.29 is 0 Å². The molecule has 1 aromatic rings. The van der Waals surface area contributed by atoms with Crippen molar-refractivity contribution >= 4 is 5.69 Å². The molecule has 0 unspecified atom stereocenters. The summed E-state index contributed by atoms with van der Waals surface area (Å²) in [5.74, 6) is 0. The van der Waals surface area contributed by atoms with E-state index in [-0.39, 0.29) is 0 Å². The van der Waals surface area contributed by atoms with Crippen LogP contribution in [0.25, 0.3) is 0 Å². The number of nitrogens with zero attached hydrogens (tertiary/aromatic N) is 1. The van der Waals surface area contributed by atoms with Crippen molar-refractivity contribution in [3.8, 4) is 0 Å². The maximum Gasteiger partial charge on any atom is 0.0363 e. The van der Waals surface area contributed by atoms with Crippen LogP contribution in [0.15, 0.2) is 24.3 Å². The second kappa shape index (κ2) is 5.69. The number of benzene rings is 1. The van der Waals surface area contributed by atoms with Crippen LogP contribution in [-0.2, 0) is 6.42 Å². The number of unbranched alkanes of at least 4 members (excludes halogenated alkanes) is 1. The van der Waals surface area contributed by atoms with Crippen LogP contribution < -0.4 is 4.90 Å². The smallest absolute Gasteiger partial charge is 0.0363 e. The van der Waals surface area contributed by atoms with Crippen LogP contribution in [0, 0.1) is 6.92 Å². The number of rotatable bonds is 5. The fourth-order valence-electron chi connectivity index (χ4n) is 1.44. The van der Waals surface area contributed by atoms with E-state index in [0.29, 0.717) is 0 Å². The fourth-order valence-corrected chi connectivity index (χ4v) is 1.44. The van der Waals surface area contributed by atoms with E-state index in [2.05, 4.69) is 50.1 Å². The Morgan fingerprint density at radius 3 is 2.36 bits per heavy atom. The summed E-state index contributed by atoms with van der Waals surface area (Å²) in [4.78, 5) is 2.30. The van der Waals surface area contributed by atoms with Crippen LogP contribution in [0.3, 0.4) is 0 Å². The van der Waals surface area contributed by atoms with Crippen molar-refractivity contribution in [2.45, 2.75) is 26.2 Å². The van der Waals surface area contributed by atoms with E-state index in [1.165, 1.54) is 24.1 Å². The van der Waals surface area contributed by atoms with Crippen LogP contribution >= 0.6 is 0 Å². The molecular weight excluding hydrogens is 170 g/mol. The molecule has 0 aromatic heterocycles. The van der Waals surface area contributed by atoms with Gasteiger partial charge in [0.25, 0.3) is 0 Å². The zero-order valence-electron chi connectivity index (χ0n) is 9.29. The van der Waals surface area contributed by atoms with E-state index in [4.69, 9.17) is 0 Å². The molecule has 0 spiro atoms. The van der Waals surface area contributed by atoms with Gasteiger partial charge in [-0.15, -0.1) is 0 Å². The Morgan fingerprint density at radius 2 is 1.86 bits per heavy atom. The minimum atomic E-state index is 0.874. The summed E-state index contributed by atoms with van der Waals surface area (Å²) in [7, 11) is 2.15. The van der Waals surface area contributed by atoms with Gasteiger partial charge in [0, 0.05) is 19.3 Å². The summed E-state index contributed by atoms with van der Waals surface area (Å²) in [6, 6.07) is 8.67. The van der Waals surface area contributed by atoms with E-state index >= 15 is 0 Å². The van der Waals surface area contributed by atoms with Gasteiger partial charge in [-0.1, -0.05) is 25.5 Å². The molecular formula is C13H20N. The molecule has 0 saturated carbocycles. The molecule has 0 aliphatic rings. The normalized spacial score (nSPS) is 10.2. The van der Waals surface area contributed by atoms with Gasteiger partial charge in [-0.05, 0) is 37.5 Å². The Labute approximate surface area is 87.7 Å². The summed E-state index contributed by atoms with van der Waals surface area (Å²) in [5.41, 5.74) is 2.60. The quantitative estimate of drug-likeness (QED) is 0.688. The van der Waals surface area contributed by atoms with Gasteiger partial charge in [0.05, 0.1) is 0 Å². The summed E-state index contributed by atoms with van der Waals surface area (Å²) >= 11 is 0. The van der Waals surface area contributed by atoms with Crippen LogP contribution in [-0.4, -0.2) is 13.6 Å². The van der Waals surface area contributed by atoms with Crippen molar-refractivity contribution in [2.24, 2.45) is 0 Å². The van der Waals surface area contributed by atoms with Gasteiger partial charge in [0.1, 0.15) is 0 Å². The second-order valence-corrected chi connectivity index (χ2v) is 3.69. The van der Waals surface area contributed by atoms with Gasteiger partial charge in [0.2, 0.25) is 0 Å². The third-order valence-corrected chi connectivity index (χ3v) is 2.51. The molecule has 0 bridgehead atoms. The summed E-state index contributed by atoms with van der Waals surface area (Å²) < 4.78 is 0. The Balaban J connectivity index is 2.57. The van der Waals surface area contributed by atoms with E-state index in [1.807, 2.05) is 0 Å². The molecule has 0 N–H and O–H groups in total. The molecule has 1 heteroatoms. The first-order chi connectivity index (χ1) is 6.77. The van der Waals surface area contributed by atoms with Crippen molar-refractivity contribution in [1.29, 1.82) is 0 Å². The molecule has 0 amide bonds. The lowest BCUT2D eigenvalue weighted by molar-refractivity contribution is 0.766. The minimum absolute atomic E-state index is 0.874. The summed E-state index contributed by atoms with van der Waals surface area (Å²) in [6.45, 7) is 7.23. The predicted octanol–water partition coefficient (Wildman–Crippen LogP) is 3.30. The molecule has 0 saturated heterocycles. The van der Waals surface area contributed by atoms with Crippen molar-refractivity contribution in [3.05, 3.63) is 36.8 Å². The maximum absolute atomic E-state index is 3.87. The first kappa shape index (κ1) is 11.1. The predicted molar refractivity (Wildman–Crippen MR) is 63.7 cm³/mol. The third kappa shape index (κ3) is 3.06. The van der Waals surface area contributed by atoms with Gasteiger partial charge in [-0.25, -0.2) is 0 Å². The van der Waals surface area contributed by atoms with E-state index in [1.54, 1.807) is 0 Å². The zero-order valence-corrected chi connectivity index (χ0v) is 9.29. The highest BCUT2D eigenvalue weighted by Crippen LogP contribution is 2.14. The molecule has 1 nitrogen and oxygen atoms in total. The fraction of sp³-hybridized carbons (Fsp3) is 0.462. The van der Waals surface area contributed by atoms with E-state index in [0.717, 1.165) is 13.0 Å². The lowest BCUT2D eigenvalue weighted by Gasteiger charge is -2.19. The van der Waals surface area contributed by atoms with Gasteiger partial charge < -0.3 is 4.90 Å². The molecule has 0 aliphatic heterocycles. The Bertz CT molecular complexity index is 250. The Kier molecular flexibility index (Phi) is 4.51. The molecule has 0 atom stereocenters. The third-order valence-electron chi connectivity index (χ3n) is 2.51. The first-order valence-electron chi connectivity index (χ1n) is 5.37. The lowest BCUT2D eigenvalue weighted by Crippen LogP contribution is -2.17. The molecule has 0 heterocycles. The van der Waals surface area contributed by atoms with Crippen LogP contribution in [0.4, 0.5) is 5.69 Å². The van der Waals surface area contributed by atoms with E-state index < -0.39 is 0 Å². The molecule has 1 radical (unpaired) electrons. The topological polar surface area (TPSA) is 3.24 Å². The monoisotopic (exact) mass is 190 g/mol. The van der Waals surface area contributed by atoms with Crippen LogP contribution in [0.2, 0.25) is 0 Å². The first-order valence-corrected chi connectivity index (χ1v) is 5.37. The molecule has 1 rings (SSSR count). The molecule has 77 valence electrons. The number of hydrogen-bond donors (Lipinski definition) is 0. The van der Waals surface area contributed by atoms with Gasteiger partial charge in [0.15, 0.2) is 0 Å². The SMILES string of the molecule is [CH2]Cc1ccc(N(C)CCCC)cc1. The minimum Gasteiger partial charge on any atom is -0.375 e. The largest absolute Gasteiger partial charge is 0.375 e. The van der Waals surface area contributed by atoms with Gasteiger partial charge >= 0.3 is 0 Å². The average Bonchev–Trinajstić information content (AvgIpc) is 2.26. The van der Waals surface area contributed by atoms with E-state index in [9.17, 15) is 0 Å². The highest BCUT2D eigenvalue weighted by Gasteiger charge is 1.98. The van der Waals surface area contributed by atoms with Crippen LogP contribution in [0.1, 0.15) is 25.3 Å². The van der Waals surface area contributed by atoms with Gasteiger partial charge in [-0.2, -0.15) is 0 Å². The molecule has 14 heavy (non-hydrogen) atoms. The number of anilines is 1. The second-order valence-electron chi connectivity index (χ2n) is 3.69. The lowest BCUT2D eigenvalue weighted by atomic mass is 10.1.